The first-order valence-electron chi connectivity index (χ1n) is 12.1. The molecular formula is C25H42IN5O2. The molecule has 2 N–H and O–H groups in total. The number of hydrogen-bond donors (Lipinski definition) is 2. The smallest absolute Gasteiger partial charge is 0.254 e. The predicted octanol–water partition coefficient (Wildman–Crippen LogP) is 3.34. The summed E-state index contributed by atoms with van der Waals surface area (Å²) in [5.74, 6) is 1.77. The zero-order valence-electron chi connectivity index (χ0n) is 20.7. The molecule has 1 aromatic rings. The highest BCUT2D eigenvalue weighted by Crippen LogP contribution is 2.16. The van der Waals surface area contributed by atoms with Crippen LogP contribution in [0.3, 0.4) is 0 Å². The highest BCUT2D eigenvalue weighted by molar-refractivity contribution is 14.0. The Morgan fingerprint density at radius 3 is 2.30 bits per heavy atom. The third-order valence-corrected chi connectivity index (χ3v) is 6.41. The van der Waals surface area contributed by atoms with Crippen molar-refractivity contribution in [2.24, 2.45) is 10.9 Å². The fraction of sp³-hybridized carbons (Fsp3) is 0.680. The Labute approximate surface area is 216 Å². The van der Waals surface area contributed by atoms with Crippen LogP contribution in [-0.4, -0.2) is 80.2 Å². The third-order valence-electron chi connectivity index (χ3n) is 6.41. The van der Waals surface area contributed by atoms with E-state index in [1.165, 1.54) is 25.9 Å². The molecule has 2 atom stereocenters. The van der Waals surface area contributed by atoms with Crippen LogP contribution in [0.5, 0.6) is 0 Å². The van der Waals surface area contributed by atoms with E-state index in [2.05, 4.69) is 27.4 Å². The Morgan fingerprint density at radius 2 is 1.70 bits per heavy atom. The minimum atomic E-state index is 0. The quantitative estimate of drug-likeness (QED) is 0.228. The lowest BCUT2D eigenvalue weighted by Gasteiger charge is -2.35. The van der Waals surface area contributed by atoms with Gasteiger partial charge in [0, 0.05) is 38.8 Å². The lowest BCUT2D eigenvalue weighted by Crippen LogP contribution is -2.48. The van der Waals surface area contributed by atoms with Crippen LogP contribution < -0.4 is 10.6 Å². The number of piperidine rings is 1. The van der Waals surface area contributed by atoms with Crippen LogP contribution >= 0.6 is 24.0 Å². The summed E-state index contributed by atoms with van der Waals surface area (Å²) in [7, 11) is 1.80. The topological polar surface area (TPSA) is 69.2 Å². The molecule has 0 aromatic heterocycles. The molecular weight excluding hydrogens is 529 g/mol. The van der Waals surface area contributed by atoms with E-state index in [9.17, 15) is 4.79 Å². The Balaban J connectivity index is 0.00000385. The number of carbonyl (C=O) groups excluding carboxylic acids is 1. The molecule has 0 aliphatic carbocycles. The van der Waals surface area contributed by atoms with Crippen molar-refractivity contribution in [1.82, 2.24) is 20.4 Å². The number of nitrogens with zero attached hydrogens (tertiary/aromatic N) is 3. The molecule has 2 aliphatic rings. The van der Waals surface area contributed by atoms with Gasteiger partial charge in [0.25, 0.3) is 5.91 Å². The van der Waals surface area contributed by atoms with Gasteiger partial charge in [0.15, 0.2) is 5.96 Å². The molecule has 1 amide bonds. The van der Waals surface area contributed by atoms with Crippen LogP contribution in [0.1, 0.15) is 56.0 Å². The molecule has 33 heavy (non-hydrogen) atoms. The van der Waals surface area contributed by atoms with E-state index >= 15 is 0 Å². The van der Waals surface area contributed by atoms with Crippen LogP contribution in [-0.2, 0) is 11.3 Å². The number of rotatable bonds is 7. The van der Waals surface area contributed by atoms with Gasteiger partial charge in [-0.1, -0.05) is 19.1 Å². The maximum Gasteiger partial charge on any atom is 0.254 e. The standard InChI is InChI=1S/C25H41N5O2.HI/c1-19-10-14-29(15-11-19)13-5-12-27-25(26-4)28-16-22-6-8-23(9-7-22)24(31)30-17-20(2)32-21(3)18-30;/h6-9,19-21H,5,10-18H2,1-4H3,(H2,26,27,28);1H. The summed E-state index contributed by atoms with van der Waals surface area (Å²) in [6.45, 7) is 12.9. The van der Waals surface area contributed by atoms with Crippen LogP contribution in [0.15, 0.2) is 29.3 Å². The molecule has 2 aliphatic heterocycles. The van der Waals surface area contributed by atoms with Crippen molar-refractivity contribution in [3.8, 4) is 0 Å². The van der Waals surface area contributed by atoms with Gasteiger partial charge in [-0.2, -0.15) is 0 Å². The molecule has 2 saturated heterocycles. The second kappa shape index (κ2) is 14.1. The number of likely N-dealkylation sites (tertiary alicyclic amines) is 1. The van der Waals surface area contributed by atoms with Gasteiger partial charge in [0.2, 0.25) is 0 Å². The van der Waals surface area contributed by atoms with Gasteiger partial charge in [-0.25, -0.2) is 0 Å². The van der Waals surface area contributed by atoms with E-state index in [1.54, 1.807) is 7.05 Å². The molecule has 2 unspecified atom stereocenters. The lowest BCUT2D eigenvalue weighted by atomic mass is 9.99. The molecule has 3 rings (SSSR count). The Morgan fingerprint density at radius 1 is 1.06 bits per heavy atom. The summed E-state index contributed by atoms with van der Waals surface area (Å²) in [5, 5.41) is 6.78. The average molecular weight is 572 g/mol. The largest absolute Gasteiger partial charge is 0.372 e. The third kappa shape index (κ3) is 9.05. The number of amides is 1. The number of morpholine rings is 1. The number of halogens is 1. The number of guanidine groups is 1. The summed E-state index contributed by atoms with van der Waals surface area (Å²) >= 11 is 0. The zero-order chi connectivity index (χ0) is 22.9. The Hall–Kier alpha value is -1.39. The second-order valence-electron chi connectivity index (χ2n) is 9.39. The van der Waals surface area contributed by atoms with Gasteiger partial charge < -0.3 is 25.2 Å². The Kier molecular flexibility index (Phi) is 11.9. The molecule has 8 heteroatoms. The molecule has 186 valence electrons. The molecule has 0 spiro atoms. The second-order valence-corrected chi connectivity index (χ2v) is 9.39. The van der Waals surface area contributed by atoms with Crippen molar-refractivity contribution in [2.45, 2.75) is 58.8 Å². The van der Waals surface area contributed by atoms with Crippen molar-refractivity contribution < 1.29 is 9.53 Å². The predicted molar refractivity (Wildman–Crippen MR) is 145 cm³/mol. The molecule has 0 bridgehead atoms. The summed E-state index contributed by atoms with van der Waals surface area (Å²) < 4.78 is 5.73. The van der Waals surface area contributed by atoms with Crippen LogP contribution in [0.2, 0.25) is 0 Å². The van der Waals surface area contributed by atoms with E-state index in [1.807, 2.05) is 43.0 Å². The minimum Gasteiger partial charge on any atom is -0.372 e. The SMILES string of the molecule is CN=C(NCCCN1CCC(C)CC1)NCc1ccc(C(=O)N2CC(C)OC(C)C2)cc1.I. The van der Waals surface area contributed by atoms with Gasteiger partial charge in [0.1, 0.15) is 0 Å². The van der Waals surface area contributed by atoms with Gasteiger partial charge >= 0.3 is 0 Å². The molecule has 0 saturated carbocycles. The van der Waals surface area contributed by atoms with E-state index in [4.69, 9.17) is 4.74 Å². The number of aliphatic imine (C=N–C) groups is 1. The van der Waals surface area contributed by atoms with E-state index in [0.29, 0.717) is 19.6 Å². The number of nitrogens with one attached hydrogen (secondary N) is 2. The van der Waals surface area contributed by atoms with Crippen molar-refractivity contribution in [3.63, 3.8) is 0 Å². The normalized spacial score (nSPS) is 22.5. The maximum absolute atomic E-state index is 12.8. The van der Waals surface area contributed by atoms with Gasteiger partial charge in [-0.3, -0.25) is 9.79 Å². The average Bonchev–Trinajstić information content (AvgIpc) is 2.79. The van der Waals surface area contributed by atoms with Crippen LogP contribution in [0.4, 0.5) is 0 Å². The zero-order valence-corrected chi connectivity index (χ0v) is 23.0. The molecule has 2 fully saturated rings. The van der Waals surface area contributed by atoms with E-state index < -0.39 is 0 Å². The first kappa shape index (κ1) is 27.9. The van der Waals surface area contributed by atoms with Crippen LogP contribution in [0.25, 0.3) is 0 Å². The molecule has 2 heterocycles. The summed E-state index contributed by atoms with van der Waals surface area (Å²) in [6.07, 6.45) is 3.92. The van der Waals surface area contributed by atoms with Crippen molar-refractivity contribution >= 4 is 35.8 Å². The van der Waals surface area contributed by atoms with Gasteiger partial charge in [-0.15, -0.1) is 24.0 Å². The van der Waals surface area contributed by atoms with Crippen molar-refractivity contribution in [1.29, 1.82) is 0 Å². The Bertz CT molecular complexity index is 740. The van der Waals surface area contributed by atoms with Gasteiger partial charge in [0.05, 0.1) is 12.2 Å². The first-order chi connectivity index (χ1) is 15.4. The summed E-state index contributed by atoms with van der Waals surface area (Å²) in [5.41, 5.74) is 1.85. The number of hydrogen-bond acceptors (Lipinski definition) is 4. The van der Waals surface area contributed by atoms with Crippen LogP contribution in [0, 0.1) is 5.92 Å². The van der Waals surface area contributed by atoms with Gasteiger partial charge in [-0.05, 0) is 76.4 Å². The minimum absolute atomic E-state index is 0. The lowest BCUT2D eigenvalue weighted by molar-refractivity contribution is -0.0586. The fourth-order valence-electron chi connectivity index (χ4n) is 4.49. The molecule has 1 aromatic carbocycles. The first-order valence-corrected chi connectivity index (χ1v) is 12.1. The molecule has 7 nitrogen and oxygen atoms in total. The van der Waals surface area contributed by atoms with Crippen molar-refractivity contribution in [3.05, 3.63) is 35.4 Å². The highest BCUT2D eigenvalue weighted by atomic mass is 127. The number of benzene rings is 1. The number of carbonyl (C=O) groups is 1. The van der Waals surface area contributed by atoms with E-state index in [-0.39, 0.29) is 42.1 Å². The highest BCUT2D eigenvalue weighted by Gasteiger charge is 2.26. The molecule has 0 radical (unpaired) electrons. The van der Waals surface area contributed by atoms with Crippen molar-refractivity contribution in [2.75, 3.05) is 46.3 Å². The monoisotopic (exact) mass is 571 g/mol. The fourth-order valence-corrected chi connectivity index (χ4v) is 4.49. The maximum atomic E-state index is 12.8. The van der Waals surface area contributed by atoms with E-state index in [0.717, 1.165) is 42.5 Å². The number of ether oxygens (including phenoxy) is 1. The summed E-state index contributed by atoms with van der Waals surface area (Å²) in [6, 6.07) is 7.86. The summed E-state index contributed by atoms with van der Waals surface area (Å²) in [4.78, 5) is 21.6.